The summed E-state index contributed by atoms with van der Waals surface area (Å²) in [4.78, 5) is 10.5. The van der Waals surface area contributed by atoms with Crippen molar-refractivity contribution in [3.63, 3.8) is 0 Å². The van der Waals surface area contributed by atoms with Gasteiger partial charge in [-0.25, -0.2) is 8.42 Å². The third-order valence-corrected chi connectivity index (χ3v) is 6.42. The Bertz CT molecular complexity index is 993. The summed E-state index contributed by atoms with van der Waals surface area (Å²) in [5.74, 6) is 0.400. The zero-order chi connectivity index (χ0) is 17.3. The van der Waals surface area contributed by atoms with Crippen molar-refractivity contribution in [2.24, 2.45) is 0 Å². The molecule has 0 saturated carbocycles. The van der Waals surface area contributed by atoms with Crippen LogP contribution in [0.5, 0.6) is 0 Å². The topological polar surface area (TPSA) is 116 Å². The molecular formula is C14H11N3O5S2. The van der Waals surface area contributed by atoms with Crippen LogP contribution in [-0.2, 0) is 9.84 Å². The Balaban J connectivity index is 2.19. The van der Waals surface area contributed by atoms with E-state index in [1.54, 1.807) is 18.2 Å². The number of non-ortho nitro benzene ring substituents is 1. The van der Waals surface area contributed by atoms with Crippen molar-refractivity contribution >= 4 is 26.9 Å². The van der Waals surface area contributed by atoms with Gasteiger partial charge in [0.25, 0.3) is 5.69 Å². The van der Waals surface area contributed by atoms with Gasteiger partial charge >= 0.3 is 0 Å². The third kappa shape index (κ3) is 2.93. The van der Waals surface area contributed by atoms with E-state index >= 15 is 0 Å². The maximum Gasteiger partial charge on any atom is 0.270 e. The lowest BCUT2D eigenvalue weighted by molar-refractivity contribution is -0.384. The first-order valence-electron chi connectivity index (χ1n) is 6.81. The maximum absolute atomic E-state index is 11.9. The summed E-state index contributed by atoms with van der Waals surface area (Å²) >= 11 is 0.875. The van der Waals surface area contributed by atoms with Crippen molar-refractivity contribution in [2.75, 3.05) is 5.75 Å². The molecule has 0 saturated heterocycles. The van der Waals surface area contributed by atoms with Gasteiger partial charge < -0.3 is 4.42 Å². The zero-order valence-electron chi connectivity index (χ0n) is 12.4. The number of hydrogen-bond donors (Lipinski definition) is 0. The molecule has 3 rings (SSSR count). The Labute approximate surface area is 140 Å². The Kier molecular flexibility index (Phi) is 4.16. The average molecular weight is 365 g/mol. The van der Waals surface area contributed by atoms with Crippen LogP contribution >= 0.6 is 11.3 Å². The van der Waals surface area contributed by atoms with Crippen molar-refractivity contribution in [1.82, 2.24) is 10.2 Å². The largest absolute Gasteiger partial charge is 0.464 e. The molecular weight excluding hydrogens is 354 g/mol. The number of nitro groups is 1. The summed E-state index contributed by atoms with van der Waals surface area (Å²) in [6.07, 6.45) is 1.48. The van der Waals surface area contributed by atoms with Gasteiger partial charge in [0.15, 0.2) is 0 Å². The molecule has 10 heteroatoms. The van der Waals surface area contributed by atoms with Gasteiger partial charge in [-0.15, -0.1) is 10.2 Å². The summed E-state index contributed by atoms with van der Waals surface area (Å²) in [6, 6.07) is 7.62. The third-order valence-electron chi connectivity index (χ3n) is 3.28. The zero-order valence-corrected chi connectivity index (χ0v) is 14.0. The molecule has 2 heterocycles. The first kappa shape index (κ1) is 16.3. The summed E-state index contributed by atoms with van der Waals surface area (Å²) in [6.45, 7) is 1.51. The lowest BCUT2D eigenvalue weighted by Crippen LogP contribution is -2.02. The van der Waals surface area contributed by atoms with E-state index in [1.807, 2.05) is 0 Å². The molecule has 0 fully saturated rings. The molecule has 0 aliphatic heterocycles. The molecule has 0 unspecified atom stereocenters. The van der Waals surface area contributed by atoms with Gasteiger partial charge in [-0.3, -0.25) is 10.1 Å². The highest BCUT2D eigenvalue weighted by Crippen LogP contribution is 2.37. The van der Waals surface area contributed by atoms with Crippen molar-refractivity contribution < 1.29 is 17.8 Å². The fourth-order valence-corrected chi connectivity index (χ4v) is 4.16. The molecule has 124 valence electrons. The van der Waals surface area contributed by atoms with E-state index in [0.29, 0.717) is 16.9 Å². The summed E-state index contributed by atoms with van der Waals surface area (Å²) in [5, 5.41) is 18.9. The van der Waals surface area contributed by atoms with E-state index in [2.05, 4.69) is 10.2 Å². The first-order valence-corrected chi connectivity index (χ1v) is 9.28. The fraction of sp³-hybridized carbons (Fsp3) is 0.143. The molecule has 0 amide bonds. The van der Waals surface area contributed by atoms with Gasteiger partial charge in [0.2, 0.25) is 14.2 Å². The second kappa shape index (κ2) is 6.13. The van der Waals surface area contributed by atoms with Gasteiger partial charge in [0.05, 0.1) is 16.9 Å². The van der Waals surface area contributed by atoms with Crippen molar-refractivity contribution in [3.05, 3.63) is 46.7 Å². The molecule has 3 aromatic rings. The number of hydrogen-bond acceptors (Lipinski definition) is 8. The van der Waals surface area contributed by atoms with Crippen LogP contribution in [0.3, 0.4) is 0 Å². The number of sulfone groups is 1. The lowest BCUT2D eigenvalue weighted by atomic mass is 10.0. The molecule has 0 spiro atoms. The maximum atomic E-state index is 11.9. The van der Waals surface area contributed by atoms with Gasteiger partial charge in [0, 0.05) is 23.3 Å². The predicted molar refractivity (Wildman–Crippen MR) is 87.4 cm³/mol. The molecule has 24 heavy (non-hydrogen) atoms. The highest BCUT2D eigenvalue weighted by atomic mass is 32.2. The second-order valence-corrected chi connectivity index (χ2v) is 8.17. The fourth-order valence-electron chi connectivity index (χ4n) is 2.04. The number of aromatic nitrogens is 2. The average Bonchev–Trinajstić information content (AvgIpc) is 3.26. The van der Waals surface area contributed by atoms with Crippen molar-refractivity contribution in [2.45, 2.75) is 11.3 Å². The molecule has 1 aromatic carbocycles. The first-order chi connectivity index (χ1) is 11.4. The van der Waals surface area contributed by atoms with Crippen LogP contribution in [-0.4, -0.2) is 29.3 Å². The molecule has 0 bridgehead atoms. The quantitative estimate of drug-likeness (QED) is 0.503. The lowest BCUT2D eigenvalue weighted by Gasteiger charge is -2.04. The molecule has 0 radical (unpaired) electrons. The van der Waals surface area contributed by atoms with E-state index in [-0.39, 0.29) is 20.8 Å². The molecule has 0 aliphatic carbocycles. The Morgan fingerprint density at radius 3 is 2.67 bits per heavy atom. The smallest absolute Gasteiger partial charge is 0.270 e. The number of rotatable bonds is 5. The van der Waals surface area contributed by atoms with E-state index in [9.17, 15) is 18.5 Å². The van der Waals surface area contributed by atoms with E-state index in [4.69, 9.17) is 4.42 Å². The minimum Gasteiger partial charge on any atom is -0.464 e. The normalized spacial score (nSPS) is 11.5. The van der Waals surface area contributed by atoms with Crippen molar-refractivity contribution in [1.29, 1.82) is 0 Å². The van der Waals surface area contributed by atoms with Crippen LogP contribution in [0.4, 0.5) is 5.69 Å². The molecule has 2 aromatic heterocycles. The van der Waals surface area contributed by atoms with Crippen LogP contribution in [0.1, 0.15) is 6.92 Å². The number of nitro benzene ring substituents is 1. The predicted octanol–water partition coefficient (Wildman–Crippen LogP) is 3.17. The van der Waals surface area contributed by atoms with E-state index in [1.165, 1.54) is 25.3 Å². The van der Waals surface area contributed by atoms with Gasteiger partial charge in [0.1, 0.15) is 10.8 Å². The minimum atomic E-state index is -3.49. The highest BCUT2D eigenvalue weighted by Gasteiger charge is 2.22. The summed E-state index contributed by atoms with van der Waals surface area (Å²) in [7, 11) is -3.49. The summed E-state index contributed by atoms with van der Waals surface area (Å²) in [5.41, 5.74) is 0.840. The second-order valence-electron chi connectivity index (χ2n) is 4.74. The number of benzene rings is 1. The standard InChI is InChI=1S/C14H11N3O5S2/c1-2-24(20,21)14-16-15-13(23-14)11-8-9(17(18)19)5-6-10(11)12-4-3-7-22-12/h3-8H,2H2,1H3. The van der Waals surface area contributed by atoms with Gasteiger partial charge in [-0.2, -0.15) is 0 Å². The molecule has 8 nitrogen and oxygen atoms in total. The van der Waals surface area contributed by atoms with Gasteiger partial charge in [-0.1, -0.05) is 18.3 Å². The highest BCUT2D eigenvalue weighted by molar-refractivity contribution is 7.93. The van der Waals surface area contributed by atoms with Crippen LogP contribution in [0.25, 0.3) is 21.9 Å². The Morgan fingerprint density at radius 2 is 2.04 bits per heavy atom. The Hall–Kier alpha value is -2.59. The monoisotopic (exact) mass is 365 g/mol. The van der Waals surface area contributed by atoms with Crippen molar-refractivity contribution in [3.8, 4) is 21.9 Å². The summed E-state index contributed by atoms with van der Waals surface area (Å²) < 4.78 is 29.1. The van der Waals surface area contributed by atoms with Crippen LogP contribution in [0, 0.1) is 10.1 Å². The van der Waals surface area contributed by atoms with Crippen LogP contribution in [0.15, 0.2) is 45.4 Å². The van der Waals surface area contributed by atoms with Crippen LogP contribution < -0.4 is 0 Å². The molecule has 0 N–H and O–H groups in total. The Morgan fingerprint density at radius 1 is 1.25 bits per heavy atom. The SMILES string of the molecule is CCS(=O)(=O)c1nnc(-c2cc([N+](=O)[O-])ccc2-c2ccco2)s1. The molecule has 0 aliphatic rings. The molecule has 0 atom stereocenters. The minimum absolute atomic E-state index is 0.0956. The number of furan rings is 1. The number of nitrogens with zero attached hydrogens (tertiary/aromatic N) is 3. The van der Waals surface area contributed by atoms with E-state index in [0.717, 1.165) is 11.3 Å². The van der Waals surface area contributed by atoms with E-state index < -0.39 is 14.8 Å². The van der Waals surface area contributed by atoms with Crippen LogP contribution in [0.2, 0.25) is 0 Å². The van der Waals surface area contributed by atoms with Gasteiger partial charge in [-0.05, 0) is 18.2 Å².